The molecule has 0 amide bonds. The maximum atomic E-state index is 13.0. The Balaban J connectivity index is 2.08. The summed E-state index contributed by atoms with van der Waals surface area (Å²) in [6.45, 7) is 7.07. The van der Waals surface area contributed by atoms with Crippen molar-refractivity contribution in [2.75, 3.05) is 19.5 Å². The van der Waals surface area contributed by atoms with Gasteiger partial charge in [-0.3, -0.25) is 9.36 Å². The van der Waals surface area contributed by atoms with Gasteiger partial charge in [0.15, 0.2) is 5.16 Å². The lowest BCUT2D eigenvalue weighted by Gasteiger charge is -2.16. The average Bonchev–Trinajstić information content (AvgIpc) is 3.14. The van der Waals surface area contributed by atoms with Gasteiger partial charge in [-0.05, 0) is 38.0 Å². The fraction of sp³-hybridized carbons (Fsp3) is 0.421. The summed E-state index contributed by atoms with van der Waals surface area (Å²) in [5.41, 5.74) is 1.74. The van der Waals surface area contributed by atoms with E-state index >= 15 is 0 Å². The molecule has 1 aromatic heterocycles. The molecule has 0 bridgehead atoms. The van der Waals surface area contributed by atoms with Crippen molar-refractivity contribution in [3.05, 3.63) is 46.3 Å². The van der Waals surface area contributed by atoms with E-state index in [0.717, 1.165) is 25.0 Å². The number of thioether (sulfide) groups is 1. The van der Waals surface area contributed by atoms with Gasteiger partial charge in [0.2, 0.25) is 0 Å². The van der Waals surface area contributed by atoms with Gasteiger partial charge in [0.25, 0.3) is 5.56 Å². The van der Waals surface area contributed by atoms with Gasteiger partial charge < -0.3 is 9.47 Å². The number of esters is 1. The fourth-order valence-electron chi connectivity index (χ4n) is 2.90. The van der Waals surface area contributed by atoms with Crippen molar-refractivity contribution in [1.29, 1.82) is 0 Å². The van der Waals surface area contributed by atoms with E-state index in [4.69, 9.17) is 9.47 Å². The summed E-state index contributed by atoms with van der Waals surface area (Å²) >= 11 is 1.47. The monoisotopic (exact) mass is 374 g/mol. The van der Waals surface area contributed by atoms with Crippen molar-refractivity contribution < 1.29 is 14.3 Å². The zero-order valence-corrected chi connectivity index (χ0v) is 15.8. The summed E-state index contributed by atoms with van der Waals surface area (Å²) in [6, 6.07) is 4.83. The lowest BCUT2D eigenvalue weighted by molar-refractivity contribution is 0.0601. The number of benzene rings is 1. The van der Waals surface area contributed by atoms with Crippen LogP contribution in [0.4, 0.5) is 0 Å². The molecule has 7 heteroatoms. The molecule has 1 saturated heterocycles. The molecule has 138 valence electrons. The van der Waals surface area contributed by atoms with Crippen LogP contribution in [-0.4, -0.2) is 41.1 Å². The first kappa shape index (κ1) is 18.7. The molecule has 1 aromatic carbocycles. The highest BCUT2D eigenvalue weighted by molar-refractivity contribution is 7.99. The molecule has 1 aliphatic heterocycles. The molecule has 2 heterocycles. The molecule has 0 unspecified atom stereocenters. The minimum absolute atomic E-state index is 0.0328. The quantitative estimate of drug-likeness (QED) is 0.335. The van der Waals surface area contributed by atoms with Gasteiger partial charge in [0.1, 0.15) is 0 Å². The van der Waals surface area contributed by atoms with Crippen LogP contribution in [0.25, 0.3) is 10.9 Å². The molecule has 6 nitrogen and oxygen atoms in total. The van der Waals surface area contributed by atoms with E-state index in [1.54, 1.807) is 22.8 Å². The number of rotatable bonds is 6. The van der Waals surface area contributed by atoms with Gasteiger partial charge in [-0.1, -0.05) is 23.9 Å². The zero-order chi connectivity index (χ0) is 18.7. The Labute approximate surface area is 156 Å². The van der Waals surface area contributed by atoms with E-state index in [2.05, 4.69) is 11.6 Å². The lowest BCUT2D eigenvalue weighted by Crippen LogP contribution is -2.29. The summed E-state index contributed by atoms with van der Waals surface area (Å²) in [4.78, 5) is 29.5. The summed E-state index contributed by atoms with van der Waals surface area (Å²) in [5, 5.41) is 1.10. The van der Waals surface area contributed by atoms with Crippen LogP contribution in [0.1, 0.15) is 30.1 Å². The minimum atomic E-state index is -0.451. The molecule has 1 fully saturated rings. The smallest absolute Gasteiger partial charge is 0.337 e. The fourth-order valence-corrected chi connectivity index (χ4v) is 3.75. The van der Waals surface area contributed by atoms with Crippen molar-refractivity contribution >= 4 is 28.6 Å². The second-order valence-electron chi connectivity index (χ2n) is 6.41. The minimum Gasteiger partial charge on any atom is -0.465 e. The highest BCUT2D eigenvalue weighted by Gasteiger charge is 2.20. The molecule has 2 aromatic rings. The highest BCUT2D eigenvalue weighted by Crippen LogP contribution is 2.23. The summed E-state index contributed by atoms with van der Waals surface area (Å²) in [5.74, 6) is 0.216. The molecule has 0 N–H and O–H groups in total. The van der Waals surface area contributed by atoms with Crippen LogP contribution in [-0.2, 0) is 16.0 Å². The average molecular weight is 374 g/mol. The third kappa shape index (κ3) is 3.99. The Morgan fingerprint density at radius 1 is 1.50 bits per heavy atom. The van der Waals surface area contributed by atoms with Crippen LogP contribution in [0.2, 0.25) is 0 Å². The van der Waals surface area contributed by atoms with E-state index in [-0.39, 0.29) is 11.7 Å². The number of carbonyl (C=O) groups is 1. The second-order valence-corrected chi connectivity index (χ2v) is 7.36. The van der Waals surface area contributed by atoms with Gasteiger partial charge >= 0.3 is 5.97 Å². The Hall–Kier alpha value is -2.12. The topological polar surface area (TPSA) is 70.4 Å². The van der Waals surface area contributed by atoms with E-state index in [1.807, 2.05) is 6.92 Å². The molecule has 26 heavy (non-hydrogen) atoms. The molecule has 0 spiro atoms. The molecule has 1 aliphatic rings. The van der Waals surface area contributed by atoms with Gasteiger partial charge in [-0.15, -0.1) is 0 Å². The van der Waals surface area contributed by atoms with E-state index in [1.165, 1.54) is 18.9 Å². The van der Waals surface area contributed by atoms with Crippen LogP contribution < -0.4 is 5.56 Å². The normalized spacial score (nSPS) is 16.8. The molecule has 0 saturated carbocycles. The first-order valence-electron chi connectivity index (χ1n) is 8.51. The van der Waals surface area contributed by atoms with Gasteiger partial charge in [-0.25, -0.2) is 9.78 Å². The molecule has 0 aliphatic carbocycles. The number of aromatic nitrogens is 2. The number of carbonyl (C=O) groups excluding carboxylic acids is 1. The van der Waals surface area contributed by atoms with Crippen molar-refractivity contribution in [2.24, 2.45) is 0 Å². The largest absolute Gasteiger partial charge is 0.465 e. The summed E-state index contributed by atoms with van der Waals surface area (Å²) in [6.07, 6.45) is 1.98. The van der Waals surface area contributed by atoms with Crippen LogP contribution >= 0.6 is 11.8 Å². The van der Waals surface area contributed by atoms with Crippen LogP contribution in [0.5, 0.6) is 0 Å². The second kappa shape index (κ2) is 8.05. The third-order valence-electron chi connectivity index (χ3n) is 4.20. The van der Waals surface area contributed by atoms with Crippen LogP contribution in [0.3, 0.4) is 0 Å². The lowest BCUT2D eigenvalue weighted by atomic mass is 10.1. The van der Waals surface area contributed by atoms with Crippen LogP contribution in [0, 0.1) is 0 Å². The molecule has 3 rings (SSSR count). The SMILES string of the molecule is C=C(C)CSc1nc2cc(C(=O)OC)ccc2c(=O)n1C[C@H]1CCCO1. The van der Waals surface area contributed by atoms with Crippen molar-refractivity contribution in [2.45, 2.75) is 37.6 Å². The number of ether oxygens (including phenoxy) is 2. The van der Waals surface area contributed by atoms with Crippen LogP contribution in [0.15, 0.2) is 40.3 Å². The first-order chi connectivity index (χ1) is 12.5. The standard InChI is InChI=1S/C19H22N2O4S/c1-12(2)11-26-19-20-16-9-13(18(23)24-3)6-7-15(16)17(22)21(19)10-14-5-4-8-25-14/h6-7,9,14H,1,4-5,8,10-11H2,2-3H3/t14-/m1/s1. The Morgan fingerprint density at radius 3 is 2.96 bits per heavy atom. The van der Waals surface area contributed by atoms with E-state index < -0.39 is 5.97 Å². The van der Waals surface area contributed by atoms with Gasteiger partial charge in [0.05, 0.1) is 36.2 Å². The summed E-state index contributed by atoms with van der Waals surface area (Å²) in [7, 11) is 1.33. The van der Waals surface area contributed by atoms with Gasteiger partial charge in [0, 0.05) is 12.4 Å². The molecular formula is C19H22N2O4S. The molecule has 1 atom stereocenters. The molecule has 0 radical (unpaired) electrons. The Morgan fingerprint density at radius 2 is 2.31 bits per heavy atom. The summed E-state index contributed by atoms with van der Waals surface area (Å²) < 4.78 is 12.1. The maximum Gasteiger partial charge on any atom is 0.337 e. The van der Waals surface area contributed by atoms with E-state index in [0.29, 0.717) is 33.9 Å². The Bertz CT molecular complexity index is 900. The number of hydrogen-bond donors (Lipinski definition) is 0. The van der Waals surface area contributed by atoms with E-state index in [9.17, 15) is 9.59 Å². The highest BCUT2D eigenvalue weighted by atomic mass is 32.2. The Kier molecular flexibility index (Phi) is 5.78. The molecular weight excluding hydrogens is 352 g/mol. The predicted octanol–water partition coefficient (Wildman–Crippen LogP) is 3.03. The number of hydrogen-bond acceptors (Lipinski definition) is 6. The number of methoxy groups -OCH3 is 1. The van der Waals surface area contributed by atoms with Crippen molar-refractivity contribution in [3.8, 4) is 0 Å². The predicted molar refractivity (Wildman–Crippen MR) is 102 cm³/mol. The number of fused-ring (bicyclic) bond motifs is 1. The maximum absolute atomic E-state index is 13.0. The number of nitrogens with zero attached hydrogens (tertiary/aromatic N) is 2. The van der Waals surface area contributed by atoms with Crippen molar-refractivity contribution in [3.63, 3.8) is 0 Å². The first-order valence-corrected chi connectivity index (χ1v) is 9.50. The zero-order valence-electron chi connectivity index (χ0n) is 15.0. The van der Waals surface area contributed by atoms with Gasteiger partial charge in [-0.2, -0.15) is 0 Å². The third-order valence-corrected chi connectivity index (χ3v) is 5.41. The van der Waals surface area contributed by atoms with Crippen molar-refractivity contribution in [1.82, 2.24) is 9.55 Å².